The summed E-state index contributed by atoms with van der Waals surface area (Å²) in [5.41, 5.74) is 1.10. The lowest BCUT2D eigenvalue weighted by Crippen LogP contribution is -2.09. The normalized spacial score (nSPS) is 12.6. The van der Waals surface area contributed by atoms with Crippen LogP contribution in [0.25, 0.3) is 11.0 Å². The van der Waals surface area contributed by atoms with E-state index in [4.69, 9.17) is 21.6 Å². The maximum absolute atomic E-state index is 9.14. The van der Waals surface area contributed by atoms with Gasteiger partial charge in [-0.1, -0.05) is 11.6 Å². The number of rotatable bonds is 5. The van der Waals surface area contributed by atoms with E-state index in [1.54, 1.807) is 10.8 Å². The van der Waals surface area contributed by atoms with Crippen molar-refractivity contribution in [1.82, 2.24) is 14.5 Å². The molecule has 0 aromatic carbocycles. The SMILES string of the molecule is CS(C)(C)CCOCn1cc(C#N)c2c(Cl)ncnc21. The van der Waals surface area contributed by atoms with E-state index in [0.717, 1.165) is 5.75 Å². The van der Waals surface area contributed by atoms with Gasteiger partial charge in [0.1, 0.15) is 29.9 Å². The standard InChI is InChI=1S/C13H17ClN4OS/c1-20(2,3)5-4-19-9-18-7-10(6-15)11-12(14)16-8-17-13(11)18/h7-8H,4-5,9H2,1-3H3. The molecular formula is C13H17ClN4OS. The number of halogens is 1. The predicted molar refractivity (Wildman–Crippen MR) is 83.4 cm³/mol. The monoisotopic (exact) mass is 312 g/mol. The molecule has 2 aromatic heterocycles. The summed E-state index contributed by atoms with van der Waals surface area (Å²) in [5.74, 6) is 1.05. The van der Waals surface area contributed by atoms with Crippen molar-refractivity contribution in [2.45, 2.75) is 6.73 Å². The van der Waals surface area contributed by atoms with Crippen molar-refractivity contribution in [3.63, 3.8) is 0 Å². The highest BCUT2D eigenvalue weighted by Crippen LogP contribution is 2.33. The molecule has 7 heteroatoms. The fraction of sp³-hybridized carbons (Fsp3) is 0.462. The van der Waals surface area contributed by atoms with Crippen molar-refractivity contribution >= 4 is 32.7 Å². The lowest BCUT2D eigenvalue weighted by molar-refractivity contribution is 0.0923. The van der Waals surface area contributed by atoms with Gasteiger partial charge in [-0.05, 0) is 18.8 Å². The molecule has 0 aliphatic rings. The first kappa shape index (κ1) is 15.1. The van der Waals surface area contributed by atoms with Crippen molar-refractivity contribution in [3.8, 4) is 6.07 Å². The molecule has 108 valence electrons. The summed E-state index contributed by atoms with van der Waals surface area (Å²) in [6.45, 7) is 1.06. The highest BCUT2D eigenvalue weighted by Gasteiger charge is 2.13. The first-order valence-electron chi connectivity index (χ1n) is 6.05. The Morgan fingerprint density at radius 2 is 2.15 bits per heavy atom. The first-order chi connectivity index (χ1) is 9.42. The van der Waals surface area contributed by atoms with Gasteiger partial charge in [0, 0.05) is 11.9 Å². The molecule has 0 atom stereocenters. The highest BCUT2D eigenvalue weighted by molar-refractivity contribution is 8.32. The Morgan fingerprint density at radius 3 is 2.80 bits per heavy atom. The Balaban J connectivity index is 2.15. The van der Waals surface area contributed by atoms with Crippen LogP contribution in [0.4, 0.5) is 0 Å². The van der Waals surface area contributed by atoms with Gasteiger partial charge in [-0.2, -0.15) is 5.26 Å². The van der Waals surface area contributed by atoms with Crippen LogP contribution >= 0.6 is 21.6 Å². The number of nitriles is 1. The molecule has 5 nitrogen and oxygen atoms in total. The van der Waals surface area contributed by atoms with Crippen LogP contribution in [0.5, 0.6) is 0 Å². The molecule has 0 saturated heterocycles. The number of ether oxygens (including phenoxy) is 1. The highest BCUT2D eigenvalue weighted by atomic mass is 35.5. The predicted octanol–water partition coefficient (Wildman–Crippen LogP) is 2.62. The van der Waals surface area contributed by atoms with Crippen molar-refractivity contribution in [3.05, 3.63) is 23.2 Å². The van der Waals surface area contributed by atoms with E-state index in [1.165, 1.54) is 6.33 Å². The molecule has 0 aliphatic carbocycles. The minimum Gasteiger partial charge on any atom is -0.360 e. The number of fused-ring (bicyclic) bond motifs is 1. The van der Waals surface area contributed by atoms with Crippen molar-refractivity contribution in [1.29, 1.82) is 5.26 Å². The molecule has 0 amide bonds. The summed E-state index contributed by atoms with van der Waals surface area (Å²) >= 11 is 6.02. The molecule has 0 saturated carbocycles. The van der Waals surface area contributed by atoms with Gasteiger partial charge in [0.2, 0.25) is 0 Å². The van der Waals surface area contributed by atoms with Crippen LogP contribution in [0.15, 0.2) is 12.5 Å². The summed E-state index contributed by atoms with van der Waals surface area (Å²) in [5, 5.41) is 10.0. The lowest BCUT2D eigenvalue weighted by Gasteiger charge is -2.24. The molecule has 2 rings (SSSR count). The zero-order chi connectivity index (χ0) is 14.8. The second-order valence-electron chi connectivity index (χ2n) is 5.32. The summed E-state index contributed by atoms with van der Waals surface area (Å²) in [7, 11) is -0.561. The summed E-state index contributed by atoms with van der Waals surface area (Å²) in [4.78, 5) is 8.09. The smallest absolute Gasteiger partial charge is 0.148 e. The largest absolute Gasteiger partial charge is 0.360 e. The maximum Gasteiger partial charge on any atom is 0.148 e. The molecule has 2 aromatic rings. The Kier molecular flexibility index (Phi) is 4.53. The molecule has 0 bridgehead atoms. The molecule has 2 heterocycles. The fourth-order valence-corrected chi connectivity index (χ4v) is 2.59. The van der Waals surface area contributed by atoms with Crippen molar-refractivity contribution < 1.29 is 4.74 Å². The van der Waals surface area contributed by atoms with Crippen LogP contribution in [-0.4, -0.2) is 45.7 Å². The molecule has 0 aliphatic heterocycles. The summed E-state index contributed by atoms with van der Waals surface area (Å²) < 4.78 is 7.46. The third-order valence-electron chi connectivity index (χ3n) is 2.80. The van der Waals surface area contributed by atoms with Gasteiger partial charge in [0.15, 0.2) is 0 Å². The Bertz CT molecular complexity index is 657. The average Bonchev–Trinajstić information content (AvgIpc) is 2.73. The Morgan fingerprint density at radius 1 is 1.40 bits per heavy atom. The molecular weight excluding hydrogens is 296 g/mol. The first-order valence-corrected chi connectivity index (χ1v) is 9.46. The topological polar surface area (TPSA) is 63.7 Å². The number of nitrogens with zero attached hydrogens (tertiary/aromatic N) is 4. The van der Waals surface area contributed by atoms with E-state index < -0.39 is 10.0 Å². The Labute approximate surface area is 124 Å². The second-order valence-corrected chi connectivity index (χ2v) is 10.3. The van der Waals surface area contributed by atoms with E-state index >= 15 is 0 Å². The van der Waals surface area contributed by atoms with Gasteiger partial charge in [0.25, 0.3) is 0 Å². The van der Waals surface area contributed by atoms with E-state index in [1.807, 2.05) is 0 Å². The molecule has 0 unspecified atom stereocenters. The molecule has 20 heavy (non-hydrogen) atoms. The number of aromatic nitrogens is 3. The summed E-state index contributed by atoms with van der Waals surface area (Å²) in [6, 6.07) is 2.11. The van der Waals surface area contributed by atoms with Crippen LogP contribution in [0.1, 0.15) is 5.56 Å². The van der Waals surface area contributed by atoms with E-state index in [-0.39, 0.29) is 0 Å². The fourth-order valence-electron chi connectivity index (χ4n) is 1.74. The van der Waals surface area contributed by atoms with Gasteiger partial charge < -0.3 is 9.30 Å². The van der Waals surface area contributed by atoms with Crippen LogP contribution in [0, 0.1) is 11.3 Å². The van der Waals surface area contributed by atoms with E-state index in [0.29, 0.717) is 35.1 Å². The second kappa shape index (κ2) is 6.00. The number of hydrogen-bond donors (Lipinski definition) is 0. The summed E-state index contributed by atoms with van der Waals surface area (Å²) in [6.07, 6.45) is 9.85. The van der Waals surface area contributed by atoms with Crippen LogP contribution in [-0.2, 0) is 11.5 Å². The van der Waals surface area contributed by atoms with Gasteiger partial charge in [-0.15, -0.1) is 0 Å². The van der Waals surface area contributed by atoms with Crippen LogP contribution in [0.2, 0.25) is 5.15 Å². The van der Waals surface area contributed by atoms with Crippen molar-refractivity contribution in [2.24, 2.45) is 0 Å². The van der Waals surface area contributed by atoms with Gasteiger partial charge in [-0.3, -0.25) is 0 Å². The van der Waals surface area contributed by atoms with Gasteiger partial charge >= 0.3 is 0 Å². The minimum absolute atomic E-state index is 0.296. The Hall–Kier alpha value is -1.29. The van der Waals surface area contributed by atoms with Gasteiger partial charge in [0.05, 0.1) is 17.6 Å². The molecule has 0 fully saturated rings. The lowest BCUT2D eigenvalue weighted by atomic mass is 10.3. The molecule has 0 spiro atoms. The van der Waals surface area contributed by atoms with E-state index in [9.17, 15) is 0 Å². The minimum atomic E-state index is -0.561. The zero-order valence-corrected chi connectivity index (χ0v) is 13.3. The quantitative estimate of drug-likeness (QED) is 0.629. The maximum atomic E-state index is 9.14. The number of hydrogen-bond acceptors (Lipinski definition) is 4. The third-order valence-corrected chi connectivity index (χ3v) is 4.48. The van der Waals surface area contributed by atoms with Crippen LogP contribution in [0.3, 0.4) is 0 Å². The third kappa shape index (κ3) is 3.42. The van der Waals surface area contributed by atoms with Crippen LogP contribution < -0.4 is 0 Å². The van der Waals surface area contributed by atoms with Gasteiger partial charge in [-0.25, -0.2) is 20.0 Å². The van der Waals surface area contributed by atoms with Crippen molar-refractivity contribution in [2.75, 3.05) is 31.1 Å². The average molecular weight is 313 g/mol. The molecule has 0 radical (unpaired) electrons. The van der Waals surface area contributed by atoms with E-state index in [2.05, 4.69) is 34.8 Å². The molecule has 0 N–H and O–H groups in total. The zero-order valence-electron chi connectivity index (χ0n) is 11.8.